The first kappa shape index (κ1) is 17.3. The van der Waals surface area contributed by atoms with Crippen molar-refractivity contribution in [2.45, 2.75) is 27.2 Å². The molecule has 25 heavy (non-hydrogen) atoms. The molecule has 128 valence electrons. The highest BCUT2D eigenvalue weighted by molar-refractivity contribution is 7.18. The lowest BCUT2D eigenvalue weighted by atomic mass is 10.0. The van der Waals surface area contributed by atoms with Crippen LogP contribution in [0, 0.1) is 12.8 Å². The summed E-state index contributed by atoms with van der Waals surface area (Å²) in [6.07, 6.45) is 6.33. The second-order valence-corrected chi connectivity index (χ2v) is 7.37. The van der Waals surface area contributed by atoms with Crippen LogP contribution < -0.4 is 4.74 Å². The second kappa shape index (κ2) is 7.57. The van der Waals surface area contributed by atoms with Gasteiger partial charge in [-0.15, -0.1) is 11.3 Å². The zero-order chi connectivity index (χ0) is 17.8. The number of rotatable bonds is 6. The van der Waals surface area contributed by atoms with Crippen LogP contribution in [0.4, 0.5) is 0 Å². The van der Waals surface area contributed by atoms with E-state index in [0.29, 0.717) is 12.3 Å². The molecule has 2 aromatic heterocycles. The normalized spacial score (nSPS) is 12.6. The number of carbonyl (C=O) groups excluding carboxylic acids is 1. The van der Waals surface area contributed by atoms with Crippen LogP contribution in [0.25, 0.3) is 16.3 Å². The number of nitrogens with zero attached hydrogens (tertiary/aromatic N) is 2. The number of carbonyl (C=O) groups is 1. The third-order valence-electron chi connectivity index (χ3n) is 3.67. The zero-order valence-corrected chi connectivity index (χ0v) is 15.3. The number of allylic oxidation sites excluding steroid dienone is 1. The molecule has 0 saturated heterocycles. The van der Waals surface area contributed by atoms with Gasteiger partial charge in [-0.3, -0.25) is 0 Å². The number of ketones is 1. The van der Waals surface area contributed by atoms with Gasteiger partial charge in [-0.25, -0.2) is 9.97 Å². The van der Waals surface area contributed by atoms with Gasteiger partial charge < -0.3 is 9.53 Å². The largest absolute Gasteiger partial charge is 0.439 e. The van der Waals surface area contributed by atoms with Crippen molar-refractivity contribution in [3.8, 4) is 11.6 Å². The third-order valence-corrected chi connectivity index (χ3v) is 4.63. The van der Waals surface area contributed by atoms with Crippen molar-refractivity contribution < 1.29 is 9.53 Å². The molecule has 0 spiro atoms. The molecule has 0 aliphatic heterocycles. The number of pyridine rings is 1. The Morgan fingerprint density at radius 3 is 2.88 bits per heavy atom. The van der Waals surface area contributed by atoms with E-state index < -0.39 is 0 Å². The molecule has 5 heteroatoms. The van der Waals surface area contributed by atoms with E-state index in [2.05, 4.69) is 9.97 Å². The first-order chi connectivity index (χ1) is 12.0. The lowest BCUT2D eigenvalue weighted by molar-refractivity contribution is -0.117. The predicted molar refractivity (Wildman–Crippen MR) is 102 cm³/mol. The maximum absolute atomic E-state index is 11.1. The summed E-state index contributed by atoms with van der Waals surface area (Å²) in [7, 11) is 0. The van der Waals surface area contributed by atoms with E-state index in [1.54, 1.807) is 24.5 Å². The molecule has 0 radical (unpaired) electrons. The maximum atomic E-state index is 11.1. The number of hydrogen-bond acceptors (Lipinski definition) is 5. The Bertz CT molecular complexity index is 913. The Balaban J connectivity index is 1.67. The van der Waals surface area contributed by atoms with Gasteiger partial charge >= 0.3 is 0 Å². The van der Waals surface area contributed by atoms with Crippen molar-refractivity contribution in [2.75, 3.05) is 0 Å². The lowest BCUT2D eigenvalue weighted by Crippen LogP contribution is -1.97. The topological polar surface area (TPSA) is 52.1 Å². The Hall–Kier alpha value is -2.53. The molecule has 0 aliphatic carbocycles. The van der Waals surface area contributed by atoms with E-state index >= 15 is 0 Å². The molecule has 1 aromatic carbocycles. The van der Waals surface area contributed by atoms with Crippen molar-refractivity contribution in [1.29, 1.82) is 0 Å². The highest BCUT2D eigenvalue weighted by Gasteiger charge is 2.05. The van der Waals surface area contributed by atoms with Gasteiger partial charge in [0, 0.05) is 24.8 Å². The number of hydrogen-bond donors (Lipinski definition) is 0. The smallest absolute Gasteiger partial charge is 0.219 e. The third kappa shape index (κ3) is 4.73. The molecule has 2 heterocycles. The number of aromatic nitrogens is 2. The van der Waals surface area contributed by atoms with E-state index in [-0.39, 0.29) is 11.7 Å². The van der Waals surface area contributed by atoms with Crippen LogP contribution in [0.5, 0.6) is 11.6 Å². The minimum absolute atomic E-state index is 0.200. The Morgan fingerprint density at radius 2 is 2.16 bits per heavy atom. The number of ether oxygens (including phenoxy) is 1. The van der Waals surface area contributed by atoms with E-state index in [4.69, 9.17) is 4.74 Å². The fourth-order valence-corrected chi connectivity index (χ4v) is 3.36. The van der Waals surface area contributed by atoms with Crippen molar-refractivity contribution in [1.82, 2.24) is 9.97 Å². The highest BCUT2D eigenvalue weighted by atomic mass is 32.1. The van der Waals surface area contributed by atoms with E-state index in [9.17, 15) is 4.79 Å². The molecule has 3 rings (SSSR count). The Labute approximate surface area is 151 Å². The zero-order valence-electron chi connectivity index (χ0n) is 14.5. The van der Waals surface area contributed by atoms with Gasteiger partial charge in [-0.2, -0.15) is 0 Å². The summed E-state index contributed by atoms with van der Waals surface area (Å²) in [5.41, 5.74) is 1.92. The quantitative estimate of drug-likeness (QED) is 0.594. The summed E-state index contributed by atoms with van der Waals surface area (Å²) in [6, 6.07) is 9.66. The Morgan fingerprint density at radius 1 is 1.32 bits per heavy atom. The number of thiazole rings is 1. The second-order valence-electron chi connectivity index (χ2n) is 6.14. The van der Waals surface area contributed by atoms with Gasteiger partial charge in [-0.05, 0) is 43.5 Å². The summed E-state index contributed by atoms with van der Waals surface area (Å²) in [4.78, 5) is 19.9. The monoisotopic (exact) mass is 352 g/mol. The van der Waals surface area contributed by atoms with Crippen LogP contribution in [0.3, 0.4) is 0 Å². The van der Waals surface area contributed by atoms with E-state index in [0.717, 1.165) is 26.5 Å². The first-order valence-electron chi connectivity index (χ1n) is 8.18. The van der Waals surface area contributed by atoms with Crippen LogP contribution in [-0.4, -0.2) is 15.8 Å². The average molecular weight is 352 g/mol. The van der Waals surface area contributed by atoms with Crippen molar-refractivity contribution >= 4 is 33.4 Å². The number of aryl methyl sites for hydroxylation is 1. The van der Waals surface area contributed by atoms with Crippen LogP contribution in [-0.2, 0) is 4.79 Å². The molecule has 0 saturated carbocycles. The van der Waals surface area contributed by atoms with Crippen molar-refractivity contribution in [3.63, 3.8) is 0 Å². The molecule has 0 aliphatic rings. The van der Waals surface area contributed by atoms with Crippen LogP contribution >= 0.6 is 11.3 Å². The molecular weight excluding hydrogens is 332 g/mol. The molecule has 0 N–H and O–H groups in total. The predicted octanol–water partition coefficient (Wildman–Crippen LogP) is 5.42. The summed E-state index contributed by atoms with van der Waals surface area (Å²) in [6.45, 7) is 5.64. The SMILES string of the molecule is CC(=O)C[C@@H](C)/C=C/c1ccc(Oc2ccc3sc(C)nc3c2)nc1. The van der Waals surface area contributed by atoms with Crippen LogP contribution in [0.15, 0.2) is 42.6 Å². The molecule has 0 fully saturated rings. The summed E-state index contributed by atoms with van der Waals surface area (Å²) in [5, 5.41) is 1.04. The summed E-state index contributed by atoms with van der Waals surface area (Å²) < 4.78 is 6.96. The molecule has 0 bridgehead atoms. The van der Waals surface area contributed by atoms with Crippen molar-refractivity contribution in [3.05, 3.63) is 53.2 Å². The fraction of sp³-hybridized carbons (Fsp3) is 0.250. The van der Waals surface area contributed by atoms with Gasteiger partial charge in [0.05, 0.1) is 15.2 Å². The minimum Gasteiger partial charge on any atom is -0.439 e. The van der Waals surface area contributed by atoms with Gasteiger partial charge in [0.2, 0.25) is 5.88 Å². The molecule has 4 nitrogen and oxygen atoms in total. The van der Waals surface area contributed by atoms with E-state index in [1.807, 2.05) is 56.3 Å². The van der Waals surface area contributed by atoms with Gasteiger partial charge in [-0.1, -0.05) is 19.1 Å². The minimum atomic E-state index is 0.200. The molecule has 0 unspecified atom stereocenters. The van der Waals surface area contributed by atoms with Gasteiger partial charge in [0.1, 0.15) is 11.5 Å². The first-order valence-corrected chi connectivity index (χ1v) is 9.00. The number of fused-ring (bicyclic) bond motifs is 1. The fourth-order valence-electron chi connectivity index (χ4n) is 2.55. The number of Topliss-reactive ketones (excluding diaryl/α,β-unsaturated/α-hetero) is 1. The molecule has 3 aromatic rings. The van der Waals surface area contributed by atoms with Crippen LogP contribution in [0.2, 0.25) is 0 Å². The highest BCUT2D eigenvalue weighted by Crippen LogP contribution is 2.28. The van der Waals surface area contributed by atoms with Crippen molar-refractivity contribution in [2.24, 2.45) is 5.92 Å². The van der Waals surface area contributed by atoms with Gasteiger partial charge in [0.25, 0.3) is 0 Å². The van der Waals surface area contributed by atoms with Crippen LogP contribution in [0.1, 0.15) is 30.8 Å². The Kier molecular flexibility index (Phi) is 5.24. The standard InChI is InChI=1S/C20H20N2O2S/c1-13(10-14(2)23)4-5-16-6-9-20(21-12-16)24-17-7-8-19-18(11-17)22-15(3)25-19/h4-9,11-13H,10H2,1-3H3/b5-4+/t13-/m0/s1. The molecule has 1 atom stereocenters. The number of benzene rings is 1. The summed E-state index contributed by atoms with van der Waals surface area (Å²) >= 11 is 1.67. The van der Waals surface area contributed by atoms with E-state index in [1.165, 1.54) is 0 Å². The average Bonchev–Trinajstić information content (AvgIpc) is 2.93. The van der Waals surface area contributed by atoms with Gasteiger partial charge in [0.15, 0.2) is 0 Å². The lowest BCUT2D eigenvalue weighted by Gasteiger charge is -2.05. The molecular formula is C20H20N2O2S. The molecule has 0 amide bonds. The maximum Gasteiger partial charge on any atom is 0.219 e. The summed E-state index contributed by atoms with van der Waals surface area (Å²) in [5.74, 6) is 1.69.